The lowest BCUT2D eigenvalue weighted by Gasteiger charge is -2.11. The molecule has 1 rings (SSSR count). The summed E-state index contributed by atoms with van der Waals surface area (Å²) in [7, 11) is 0. The van der Waals surface area contributed by atoms with E-state index in [1.54, 1.807) is 18.2 Å². The van der Waals surface area contributed by atoms with Gasteiger partial charge in [0.05, 0.1) is 0 Å². The lowest BCUT2D eigenvalue weighted by Crippen LogP contribution is -2.31. The summed E-state index contributed by atoms with van der Waals surface area (Å²) in [6, 6.07) is 6.89. The van der Waals surface area contributed by atoms with Gasteiger partial charge in [0.1, 0.15) is 5.75 Å². The standard InChI is InChI=1S/C15H19N3O3/c1-15(2,3)8-7-10-5-4-6-11(9-10)21-13(18-17)12(16)14(19)20/h4-6,9,18H,16-17H2,1-3H3,(H,19,20)/b13-12+. The molecule has 112 valence electrons. The number of hydrazine groups is 1. The van der Waals surface area contributed by atoms with Crippen molar-refractivity contribution in [3.8, 4) is 17.6 Å². The van der Waals surface area contributed by atoms with Gasteiger partial charge in [0, 0.05) is 11.0 Å². The van der Waals surface area contributed by atoms with Crippen LogP contribution in [0.5, 0.6) is 5.75 Å². The lowest BCUT2D eigenvalue weighted by atomic mass is 9.97. The van der Waals surface area contributed by atoms with Gasteiger partial charge < -0.3 is 15.6 Å². The zero-order chi connectivity index (χ0) is 16.0. The topological polar surface area (TPSA) is 111 Å². The number of ether oxygens (including phenoxy) is 1. The molecule has 6 N–H and O–H groups in total. The van der Waals surface area contributed by atoms with Gasteiger partial charge in [-0.15, -0.1) is 0 Å². The molecule has 0 unspecified atom stereocenters. The summed E-state index contributed by atoms with van der Waals surface area (Å²) in [6.07, 6.45) is 0. The van der Waals surface area contributed by atoms with E-state index in [1.165, 1.54) is 0 Å². The summed E-state index contributed by atoms with van der Waals surface area (Å²) in [5.41, 5.74) is 7.60. The van der Waals surface area contributed by atoms with Crippen LogP contribution in [-0.4, -0.2) is 11.1 Å². The monoisotopic (exact) mass is 289 g/mol. The largest absolute Gasteiger partial charge is 0.476 e. The van der Waals surface area contributed by atoms with Crippen LogP contribution in [0.1, 0.15) is 26.3 Å². The Kier molecular flexibility index (Phi) is 5.22. The van der Waals surface area contributed by atoms with Gasteiger partial charge in [-0.2, -0.15) is 0 Å². The average molecular weight is 289 g/mol. The van der Waals surface area contributed by atoms with E-state index in [1.807, 2.05) is 26.8 Å². The smallest absolute Gasteiger partial charge is 0.357 e. The molecule has 6 heteroatoms. The number of aliphatic carboxylic acids is 1. The van der Waals surface area contributed by atoms with Crippen LogP contribution in [-0.2, 0) is 4.79 Å². The van der Waals surface area contributed by atoms with Crippen LogP contribution in [0, 0.1) is 17.3 Å². The highest BCUT2D eigenvalue weighted by Crippen LogP contribution is 2.16. The number of benzene rings is 1. The Balaban J connectivity index is 3.03. The van der Waals surface area contributed by atoms with Crippen molar-refractivity contribution < 1.29 is 14.6 Å². The van der Waals surface area contributed by atoms with Crippen LogP contribution in [0.4, 0.5) is 0 Å². The highest BCUT2D eigenvalue weighted by molar-refractivity contribution is 5.85. The molecule has 21 heavy (non-hydrogen) atoms. The third kappa shape index (κ3) is 5.47. The summed E-state index contributed by atoms with van der Waals surface area (Å²) in [5.74, 6) is 10.2. The van der Waals surface area contributed by atoms with Crippen molar-refractivity contribution in [2.24, 2.45) is 17.0 Å². The molecule has 0 aromatic heterocycles. The number of rotatable bonds is 4. The second-order valence-corrected chi connectivity index (χ2v) is 5.32. The molecule has 0 aliphatic rings. The normalized spacial score (nSPS) is 11.8. The zero-order valence-electron chi connectivity index (χ0n) is 12.2. The number of carbonyl (C=O) groups is 1. The SMILES string of the molecule is CC(C)(C)C#Cc1cccc(O/C(NN)=C(/N)C(=O)O)c1. The highest BCUT2D eigenvalue weighted by atomic mass is 16.5. The van der Waals surface area contributed by atoms with Crippen LogP contribution < -0.4 is 21.7 Å². The third-order valence-corrected chi connectivity index (χ3v) is 2.24. The summed E-state index contributed by atoms with van der Waals surface area (Å²) < 4.78 is 5.33. The maximum Gasteiger partial charge on any atom is 0.357 e. The molecule has 0 aliphatic heterocycles. The number of nitrogens with two attached hydrogens (primary N) is 2. The van der Waals surface area contributed by atoms with E-state index in [2.05, 4.69) is 17.3 Å². The Hall–Kier alpha value is -2.65. The van der Waals surface area contributed by atoms with Crippen LogP contribution in [0.25, 0.3) is 0 Å². The quantitative estimate of drug-likeness (QED) is 0.217. The van der Waals surface area contributed by atoms with Crippen molar-refractivity contribution >= 4 is 5.97 Å². The minimum Gasteiger partial charge on any atom is -0.476 e. The molecule has 0 atom stereocenters. The van der Waals surface area contributed by atoms with E-state index in [0.29, 0.717) is 5.75 Å². The molecule has 0 amide bonds. The molecule has 0 bridgehead atoms. The molecule has 0 radical (unpaired) electrons. The van der Waals surface area contributed by atoms with Gasteiger partial charge in [-0.1, -0.05) is 17.9 Å². The lowest BCUT2D eigenvalue weighted by molar-refractivity contribution is -0.132. The maximum atomic E-state index is 10.8. The molecule has 0 spiro atoms. The number of nitrogens with one attached hydrogen (secondary N) is 1. The van der Waals surface area contributed by atoms with Crippen molar-refractivity contribution in [2.45, 2.75) is 20.8 Å². The number of carboxylic acids is 1. The van der Waals surface area contributed by atoms with Gasteiger partial charge in [0.2, 0.25) is 5.88 Å². The maximum absolute atomic E-state index is 10.8. The fraction of sp³-hybridized carbons (Fsp3) is 0.267. The van der Waals surface area contributed by atoms with Crippen molar-refractivity contribution in [1.29, 1.82) is 0 Å². The Bertz CT molecular complexity index is 619. The van der Waals surface area contributed by atoms with Crippen LogP contribution in [0.15, 0.2) is 35.8 Å². The van der Waals surface area contributed by atoms with Gasteiger partial charge in [0.25, 0.3) is 0 Å². The predicted octanol–water partition coefficient (Wildman–Crippen LogP) is 1.14. The van der Waals surface area contributed by atoms with E-state index in [9.17, 15) is 4.79 Å². The first-order valence-electron chi connectivity index (χ1n) is 6.23. The molecule has 0 saturated heterocycles. The molecule has 1 aromatic carbocycles. The van der Waals surface area contributed by atoms with Gasteiger partial charge in [-0.25, -0.2) is 10.6 Å². The van der Waals surface area contributed by atoms with E-state index >= 15 is 0 Å². The fourth-order valence-electron chi connectivity index (χ4n) is 1.27. The molecule has 0 fully saturated rings. The summed E-state index contributed by atoms with van der Waals surface area (Å²) in [6.45, 7) is 6.02. The Labute approximate surface area is 123 Å². The first-order valence-corrected chi connectivity index (χ1v) is 6.23. The second kappa shape index (κ2) is 6.68. The fourth-order valence-corrected chi connectivity index (χ4v) is 1.27. The molecule has 0 heterocycles. The third-order valence-electron chi connectivity index (χ3n) is 2.24. The molecule has 0 saturated carbocycles. The van der Waals surface area contributed by atoms with Crippen LogP contribution in [0.2, 0.25) is 0 Å². The summed E-state index contributed by atoms with van der Waals surface area (Å²) >= 11 is 0. The number of carboxylic acid groups (broad SMARTS) is 1. The summed E-state index contributed by atoms with van der Waals surface area (Å²) in [5, 5.41) is 8.81. The Morgan fingerprint density at radius 1 is 1.38 bits per heavy atom. The Morgan fingerprint density at radius 3 is 2.57 bits per heavy atom. The van der Waals surface area contributed by atoms with Gasteiger partial charge in [0.15, 0.2) is 5.70 Å². The van der Waals surface area contributed by atoms with Gasteiger partial charge in [-0.05, 0) is 39.0 Å². The van der Waals surface area contributed by atoms with Crippen LogP contribution in [0.3, 0.4) is 0 Å². The molecular weight excluding hydrogens is 270 g/mol. The molecule has 0 aliphatic carbocycles. The predicted molar refractivity (Wildman–Crippen MR) is 79.6 cm³/mol. The zero-order valence-corrected chi connectivity index (χ0v) is 12.2. The highest BCUT2D eigenvalue weighted by Gasteiger charge is 2.12. The summed E-state index contributed by atoms with van der Waals surface area (Å²) in [4.78, 5) is 10.8. The first kappa shape index (κ1) is 16.4. The molecular formula is C15H19N3O3. The van der Waals surface area contributed by atoms with E-state index < -0.39 is 11.7 Å². The van der Waals surface area contributed by atoms with E-state index in [-0.39, 0.29) is 11.3 Å². The van der Waals surface area contributed by atoms with E-state index in [0.717, 1.165) is 5.56 Å². The van der Waals surface area contributed by atoms with Crippen molar-refractivity contribution in [3.05, 3.63) is 41.4 Å². The average Bonchev–Trinajstić information content (AvgIpc) is 2.41. The van der Waals surface area contributed by atoms with Crippen molar-refractivity contribution in [3.63, 3.8) is 0 Å². The molecule has 1 aromatic rings. The van der Waals surface area contributed by atoms with Crippen molar-refractivity contribution in [2.75, 3.05) is 0 Å². The van der Waals surface area contributed by atoms with Crippen molar-refractivity contribution in [1.82, 2.24) is 5.43 Å². The van der Waals surface area contributed by atoms with Crippen LogP contribution >= 0.6 is 0 Å². The number of hydrogen-bond donors (Lipinski definition) is 4. The first-order chi connectivity index (χ1) is 9.73. The second-order valence-electron chi connectivity index (χ2n) is 5.32. The van der Waals surface area contributed by atoms with Gasteiger partial charge >= 0.3 is 5.97 Å². The van der Waals surface area contributed by atoms with Gasteiger partial charge in [-0.3, -0.25) is 5.43 Å². The minimum absolute atomic E-state index is 0.117. The minimum atomic E-state index is -1.33. The number of hydrogen-bond acceptors (Lipinski definition) is 5. The van der Waals surface area contributed by atoms with E-state index in [4.69, 9.17) is 21.4 Å². The Morgan fingerprint density at radius 2 is 2.05 bits per heavy atom. The molecule has 6 nitrogen and oxygen atoms in total.